The first-order valence-electron chi connectivity index (χ1n) is 28.8. The fourth-order valence-electron chi connectivity index (χ4n) is 16.5. The Kier molecular flexibility index (Phi) is 8.69. The minimum absolute atomic E-state index is 0.608. The molecule has 13 aromatic carbocycles. The third-order valence-electron chi connectivity index (χ3n) is 19.3. The van der Waals surface area contributed by atoms with E-state index in [0.29, 0.717) is 0 Å². The highest BCUT2D eigenvalue weighted by Crippen LogP contribution is 2.65. The Hall–Kier alpha value is -10.5. The van der Waals surface area contributed by atoms with E-state index in [0.717, 1.165) is 0 Å². The molecule has 0 fully saturated rings. The lowest BCUT2D eigenvalue weighted by atomic mass is 9.66. The second-order valence-electron chi connectivity index (χ2n) is 22.8. The van der Waals surface area contributed by atoms with Gasteiger partial charge >= 0.3 is 0 Å². The molecule has 0 saturated heterocycles. The zero-order chi connectivity index (χ0) is 53.4. The van der Waals surface area contributed by atoms with Gasteiger partial charge in [0.2, 0.25) is 0 Å². The molecular formula is C80H48N2. The van der Waals surface area contributed by atoms with Crippen molar-refractivity contribution >= 4 is 76.2 Å². The van der Waals surface area contributed by atoms with Crippen molar-refractivity contribution in [1.29, 1.82) is 0 Å². The van der Waals surface area contributed by atoms with Gasteiger partial charge in [-0.1, -0.05) is 267 Å². The van der Waals surface area contributed by atoms with E-state index in [1.54, 1.807) is 0 Å². The zero-order valence-corrected chi connectivity index (χ0v) is 44.6. The van der Waals surface area contributed by atoms with Crippen LogP contribution < -0.4 is 0 Å². The Labute approximate surface area is 473 Å². The van der Waals surface area contributed by atoms with Gasteiger partial charge < -0.3 is 8.80 Å². The quantitative estimate of drug-likeness (QED) is 0.157. The number of benzene rings is 13. The van der Waals surface area contributed by atoms with Gasteiger partial charge in [-0.05, 0) is 102 Å². The summed E-state index contributed by atoms with van der Waals surface area (Å²) in [6.45, 7) is 0. The topological polar surface area (TPSA) is 8.82 Å². The van der Waals surface area contributed by atoms with Crippen molar-refractivity contribution in [2.45, 2.75) is 10.8 Å². The minimum atomic E-state index is -0.608. The molecule has 0 atom stereocenters. The van der Waals surface area contributed by atoms with Crippen LogP contribution in [0.2, 0.25) is 0 Å². The Balaban J connectivity index is 1.10. The van der Waals surface area contributed by atoms with Crippen LogP contribution >= 0.6 is 0 Å². The zero-order valence-electron chi connectivity index (χ0n) is 44.6. The molecular weight excluding hydrogens is 989 g/mol. The number of aromatic nitrogens is 2. The summed E-state index contributed by atoms with van der Waals surface area (Å²) in [5.41, 5.74) is 26.6. The van der Waals surface area contributed by atoms with Crippen LogP contribution in [0.25, 0.3) is 121 Å². The van der Waals surface area contributed by atoms with E-state index < -0.39 is 10.8 Å². The monoisotopic (exact) mass is 1040 g/mol. The lowest BCUT2D eigenvalue weighted by Gasteiger charge is -2.34. The van der Waals surface area contributed by atoms with E-state index >= 15 is 0 Å². The highest BCUT2D eigenvalue weighted by atomic mass is 14.9. The van der Waals surface area contributed by atoms with Crippen LogP contribution in [0.4, 0.5) is 0 Å². The first-order chi connectivity index (χ1) is 40.8. The Bertz CT molecular complexity index is 5040. The molecule has 82 heavy (non-hydrogen) atoms. The fourth-order valence-corrected chi connectivity index (χ4v) is 16.5. The molecule has 0 radical (unpaired) electrons. The number of rotatable bonds is 6. The molecule has 0 unspecified atom stereocenters. The lowest BCUT2D eigenvalue weighted by molar-refractivity contribution is 0.776. The van der Waals surface area contributed by atoms with Crippen molar-refractivity contribution in [3.63, 3.8) is 0 Å². The van der Waals surface area contributed by atoms with Crippen LogP contribution in [-0.4, -0.2) is 8.80 Å². The summed E-state index contributed by atoms with van der Waals surface area (Å²) in [5.74, 6) is 0. The summed E-state index contributed by atoms with van der Waals surface area (Å²) in [6, 6.07) is 110. The number of nitrogens with zero attached hydrogens (tertiary/aromatic N) is 2. The Morgan fingerprint density at radius 2 is 0.537 bits per heavy atom. The predicted octanol–water partition coefficient (Wildman–Crippen LogP) is 20.0. The van der Waals surface area contributed by atoms with Crippen LogP contribution in [0.1, 0.15) is 44.5 Å². The third kappa shape index (κ3) is 5.23. The Morgan fingerprint density at radius 1 is 0.232 bits per heavy atom. The normalized spacial score (nSPS) is 14.0. The molecule has 0 spiro atoms. The summed E-state index contributed by atoms with van der Waals surface area (Å²) in [6.07, 6.45) is 0. The lowest BCUT2D eigenvalue weighted by Crippen LogP contribution is -2.28. The van der Waals surface area contributed by atoms with Crippen molar-refractivity contribution in [2.75, 3.05) is 0 Å². The molecule has 2 nitrogen and oxygen atoms in total. The second-order valence-corrected chi connectivity index (χ2v) is 22.8. The molecule has 17 aromatic rings. The van der Waals surface area contributed by atoms with Crippen LogP contribution in [0.3, 0.4) is 0 Å². The first-order valence-corrected chi connectivity index (χ1v) is 28.8. The minimum Gasteiger partial charge on any atom is -0.307 e. The number of hydrogen-bond acceptors (Lipinski definition) is 0. The summed E-state index contributed by atoms with van der Waals surface area (Å²) in [7, 11) is 0. The summed E-state index contributed by atoms with van der Waals surface area (Å²) < 4.78 is 5.41. The third-order valence-corrected chi connectivity index (χ3v) is 19.3. The molecule has 2 aliphatic rings. The molecule has 0 N–H and O–H groups in total. The van der Waals surface area contributed by atoms with Crippen molar-refractivity contribution in [2.24, 2.45) is 0 Å². The number of hydrogen-bond donors (Lipinski definition) is 0. The second kappa shape index (κ2) is 16.1. The van der Waals surface area contributed by atoms with E-state index in [4.69, 9.17) is 0 Å². The van der Waals surface area contributed by atoms with Gasteiger partial charge in [0.25, 0.3) is 0 Å². The molecule has 0 saturated carbocycles. The molecule has 19 rings (SSSR count). The smallest absolute Gasteiger partial charge is 0.0720 e. The van der Waals surface area contributed by atoms with Crippen LogP contribution in [0, 0.1) is 0 Å². The molecule has 0 amide bonds. The van der Waals surface area contributed by atoms with Crippen LogP contribution in [0.5, 0.6) is 0 Å². The van der Waals surface area contributed by atoms with Crippen molar-refractivity contribution in [3.05, 3.63) is 336 Å². The van der Waals surface area contributed by atoms with Crippen molar-refractivity contribution in [3.8, 4) is 44.5 Å². The number of para-hydroxylation sites is 2. The van der Waals surface area contributed by atoms with Crippen LogP contribution in [0.15, 0.2) is 291 Å². The SMILES string of the molecule is c1ccc(-c2c3c4cc5c(c6c7ccccc7n(c3c(-c3ccccc3)c3c7cc8c(c9c%10ccccc%10n(c23)c79)C(c2ccccc2)(c2ccccc2)c2ccccc2-8)c46)C(c2ccccc2)(c2ccccc2)c2ccccc2-5)cc1. The standard InChI is InChI=1S/C80H48N2/c1-7-27-49(28-8-1)67-69-61-47-59-55-39-19-23-43-63(55)79(51-31-11-3-12-32-51,52-33-13-4-14-34-52)73(59)71-58-42-22-26-46-66(58)82(75(61)71)78(69)68(50-29-9-2-10-30-50)70-62-48-60-56-40-20-24-44-64(56)80(53-35-15-5-16-36-53,54-37-17-6-18-38-54)74(60)72-57-41-21-25-45-65(57)81(76(62)72)77(67)70/h1-48H. The number of fused-ring (bicyclic) bond motifs is 20. The maximum Gasteiger partial charge on any atom is 0.0720 e. The van der Waals surface area contributed by atoms with E-state index in [1.807, 2.05) is 0 Å². The molecule has 0 aliphatic heterocycles. The van der Waals surface area contributed by atoms with E-state index in [1.165, 1.54) is 165 Å². The van der Waals surface area contributed by atoms with E-state index in [9.17, 15) is 0 Å². The average molecular weight is 1040 g/mol. The molecule has 4 aromatic heterocycles. The predicted molar refractivity (Wildman–Crippen MR) is 341 cm³/mol. The van der Waals surface area contributed by atoms with Gasteiger partial charge in [-0.2, -0.15) is 0 Å². The van der Waals surface area contributed by atoms with Gasteiger partial charge in [-0.15, -0.1) is 0 Å². The van der Waals surface area contributed by atoms with Crippen molar-refractivity contribution < 1.29 is 0 Å². The van der Waals surface area contributed by atoms with Gasteiger partial charge in [0.05, 0.1) is 43.9 Å². The van der Waals surface area contributed by atoms with Gasteiger partial charge in [0.1, 0.15) is 0 Å². The summed E-state index contributed by atoms with van der Waals surface area (Å²) in [4.78, 5) is 0. The molecule has 0 bridgehead atoms. The van der Waals surface area contributed by atoms with E-state index in [2.05, 4.69) is 300 Å². The van der Waals surface area contributed by atoms with Gasteiger partial charge in [-0.25, -0.2) is 0 Å². The Morgan fingerprint density at radius 3 is 0.902 bits per heavy atom. The highest BCUT2D eigenvalue weighted by Gasteiger charge is 2.51. The molecule has 2 aliphatic carbocycles. The van der Waals surface area contributed by atoms with E-state index in [-0.39, 0.29) is 0 Å². The highest BCUT2D eigenvalue weighted by molar-refractivity contribution is 6.39. The van der Waals surface area contributed by atoms with Crippen LogP contribution in [-0.2, 0) is 10.8 Å². The summed E-state index contributed by atoms with van der Waals surface area (Å²) >= 11 is 0. The molecule has 4 heterocycles. The van der Waals surface area contributed by atoms with Gasteiger partial charge in [0.15, 0.2) is 0 Å². The maximum absolute atomic E-state index is 2.70. The molecule has 2 heteroatoms. The molecule has 378 valence electrons. The first kappa shape index (κ1) is 44.3. The van der Waals surface area contributed by atoms with Gasteiger partial charge in [0, 0.05) is 54.2 Å². The van der Waals surface area contributed by atoms with Crippen molar-refractivity contribution in [1.82, 2.24) is 8.80 Å². The summed E-state index contributed by atoms with van der Waals surface area (Å²) in [5, 5.41) is 10.2. The maximum atomic E-state index is 2.70. The average Bonchev–Trinajstić information content (AvgIpc) is 3.56. The van der Waals surface area contributed by atoms with Gasteiger partial charge in [-0.3, -0.25) is 0 Å². The fraction of sp³-hybridized carbons (Fsp3) is 0.0250. The largest absolute Gasteiger partial charge is 0.307 e.